The molecule has 0 unspecified atom stereocenters. The van der Waals surface area contributed by atoms with Gasteiger partial charge in [-0.05, 0) is 90.4 Å². The van der Waals surface area contributed by atoms with Crippen LogP contribution in [0.3, 0.4) is 0 Å². The van der Waals surface area contributed by atoms with Crippen molar-refractivity contribution < 1.29 is 19.0 Å². The molecule has 0 aromatic heterocycles. The average molecular weight is 687 g/mol. The summed E-state index contributed by atoms with van der Waals surface area (Å²) in [4.78, 5) is 12.9. The van der Waals surface area contributed by atoms with Crippen molar-refractivity contribution in [2.24, 2.45) is 0 Å². The summed E-state index contributed by atoms with van der Waals surface area (Å²) in [7, 11) is 0. The monoisotopic (exact) mass is 684 g/mol. The van der Waals surface area contributed by atoms with Crippen molar-refractivity contribution >= 4 is 68.4 Å². The van der Waals surface area contributed by atoms with E-state index < -0.39 is 5.91 Å². The lowest BCUT2D eigenvalue weighted by atomic mass is 10.1. The van der Waals surface area contributed by atoms with E-state index in [4.69, 9.17) is 49.0 Å². The molecule has 0 aliphatic rings. The molecule has 0 aliphatic carbocycles. The predicted molar refractivity (Wildman–Crippen MR) is 171 cm³/mol. The van der Waals surface area contributed by atoms with Crippen molar-refractivity contribution in [1.82, 2.24) is 0 Å². The minimum Gasteiger partial charge on any atom is -0.490 e. The standard InChI is InChI=1S/C32H24BrCl3N2O4/c1-2-40-30-16-22(15-29(36)31(30)42-19-21-5-12-27(34)28(35)14-21)13-23(17-37)32(39)38-25-8-10-26(11-9-25)41-18-20-3-6-24(33)7-4-20/h3-16H,2,18-19H2,1H3,(H,38,39)/b23-13+. The SMILES string of the molecule is CCOc1cc(/C=C(\C#N)C(=O)Nc2ccc(OCc3ccc(Br)cc3)cc2)cc(Cl)c1OCc1ccc(Cl)c(Cl)c1. The van der Waals surface area contributed by atoms with Crippen molar-refractivity contribution in [3.63, 3.8) is 0 Å². The molecule has 214 valence electrons. The molecule has 4 aromatic carbocycles. The summed E-state index contributed by atoms with van der Waals surface area (Å²) >= 11 is 22.0. The van der Waals surface area contributed by atoms with Gasteiger partial charge in [0.1, 0.15) is 30.6 Å². The van der Waals surface area contributed by atoms with Crippen LogP contribution >= 0.6 is 50.7 Å². The van der Waals surface area contributed by atoms with Gasteiger partial charge in [-0.2, -0.15) is 5.26 Å². The van der Waals surface area contributed by atoms with Crippen molar-refractivity contribution in [1.29, 1.82) is 5.26 Å². The number of rotatable bonds is 11. The van der Waals surface area contributed by atoms with E-state index in [1.807, 2.05) is 37.3 Å². The Hall–Kier alpha value is -3.67. The highest BCUT2D eigenvalue weighted by Gasteiger charge is 2.15. The van der Waals surface area contributed by atoms with Gasteiger partial charge in [-0.1, -0.05) is 68.9 Å². The van der Waals surface area contributed by atoms with Gasteiger partial charge in [-0.25, -0.2) is 0 Å². The second-order valence-corrected chi connectivity index (χ2v) is 11.0. The van der Waals surface area contributed by atoms with Crippen LogP contribution in [-0.2, 0) is 18.0 Å². The number of hydrogen-bond acceptors (Lipinski definition) is 5. The molecule has 4 rings (SSSR count). The van der Waals surface area contributed by atoms with Crippen LogP contribution in [0.2, 0.25) is 15.1 Å². The van der Waals surface area contributed by atoms with Crippen LogP contribution in [0.15, 0.2) is 88.9 Å². The highest BCUT2D eigenvalue weighted by Crippen LogP contribution is 2.38. The quantitative estimate of drug-likeness (QED) is 0.126. The largest absolute Gasteiger partial charge is 0.490 e. The summed E-state index contributed by atoms with van der Waals surface area (Å²) in [6, 6.07) is 25.1. The number of nitriles is 1. The van der Waals surface area contributed by atoms with E-state index in [-0.39, 0.29) is 17.2 Å². The fraction of sp³-hybridized carbons (Fsp3) is 0.125. The molecule has 10 heteroatoms. The summed E-state index contributed by atoms with van der Waals surface area (Å²) in [5, 5.41) is 13.6. The third-order valence-electron chi connectivity index (χ3n) is 5.81. The van der Waals surface area contributed by atoms with Crippen molar-refractivity contribution in [3.8, 4) is 23.3 Å². The Bertz CT molecular complexity index is 1640. The van der Waals surface area contributed by atoms with Crippen LogP contribution < -0.4 is 19.5 Å². The summed E-state index contributed by atoms with van der Waals surface area (Å²) < 4.78 is 18.5. The zero-order valence-corrected chi connectivity index (χ0v) is 26.2. The van der Waals surface area contributed by atoms with E-state index in [0.29, 0.717) is 51.8 Å². The Morgan fingerprint density at radius 2 is 1.55 bits per heavy atom. The first-order valence-electron chi connectivity index (χ1n) is 12.7. The molecule has 1 amide bonds. The number of ether oxygens (including phenoxy) is 3. The van der Waals surface area contributed by atoms with Gasteiger partial charge in [-0.3, -0.25) is 4.79 Å². The van der Waals surface area contributed by atoms with E-state index in [1.165, 1.54) is 6.08 Å². The van der Waals surface area contributed by atoms with Crippen molar-refractivity contribution in [2.45, 2.75) is 20.1 Å². The Kier molecular flexibility index (Phi) is 11.2. The maximum Gasteiger partial charge on any atom is 0.266 e. The van der Waals surface area contributed by atoms with Crippen LogP contribution in [0.5, 0.6) is 17.2 Å². The van der Waals surface area contributed by atoms with E-state index in [2.05, 4.69) is 21.2 Å². The number of carbonyl (C=O) groups excluding carboxylic acids is 1. The van der Waals surface area contributed by atoms with Crippen LogP contribution in [0.1, 0.15) is 23.6 Å². The lowest BCUT2D eigenvalue weighted by Gasteiger charge is -2.15. The van der Waals surface area contributed by atoms with E-state index >= 15 is 0 Å². The molecule has 0 aliphatic heterocycles. The highest BCUT2D eigenvalue weighted by molar-refractivity contribution is 9.10. The van der Waals surface area contributed by atoms with Gasteiger partial charge < -0.3 is 19.5 Å². The van der Waals surface area contributed by atoms with Gasteiger partial charge in [0.25, 0.3) is 5.91 Å². The molecular weight excluding hydrogens is 663 g/mol. The topological polar surface area (TPSA) is 80.6 Å². The van der Waals surface area contributed by atoms with Gasteiger partial charge in [0.05, 0.1) is 21.7 Å². The number of amides is 1. The third-order valence-corrected chi connectivity index (χ3v) is 7.35. The lowest BCUT2D eigenvalue weighted by Crippen LogP contribution is -2.13. The minimum atomic E-state index is -0.574. The first kappa shape index (κ1) is 31.3. The molecule has 0 heterocycles. The van der Waals surface area contributed by atoms with Crippen molar-refractivity contribution in [3.05, 3.63) is 121 Å². The number of nitrogens with zero attached hydrogens (tertiary/aromatic N) is 1. The number of carbonyl (C=O) groups is 1. The van der Waals surface area contributed by atoms with Crippen molar-refractivity contribution in [2.75, 3.05) is 11.9 Å². The third kappa shape index (κ3) is 8.67. The van der Waals surface area contributed by atoms with E-state index in [1.54, 1.807) is 54.6 Å². The van der Waals surface area contributed by atoms with Crippen LogP contribution in [0.4, 0.5) is 5.69 Å². The Morgan fingerprint density at radius 3 is 2.21 bits per heavy atom. The predicted octanol–water partition coefficient (Wildman–Crippen LogP) is 9.51. The first-order chi connectivity index (χ1) is 20.2. The zero-order valence-electron chi connectivity index (χ0n) is 22.3. The van der Waals surface area contributed by atoms with Gasteiger partial charge in [0.2, 0.25) is 0 Å². The van der Waals surface area contributed by atoms with Gasteiger partial charge in [-0.15, -0.1) is 0 Å². The fourth-order valence-electron chi connectivity index (χ4n) is 3.75. The normalized spacial score (nSPS) is 11.0. The number of anilines is 1. The number of nitrogens with one attached hydrogen (secondary N) is 1. The Labute approximate surface area is 267 Å². The summed E-state index contributed by atoms with van der Waals surface area (Å²) in [6.45, 7) is 2.75. The molecule has 0 saturated heterocycles. The first-order valence-corrected chi connectivity index (χ1v) is 14.6. The molecule has 42 heavy (non-hydrogen) atoms. The maximum atomic E-state index is 12.9. The molecule has 0 saturated carbocycles. The molecule has 4 aromatic rings. The molecule has 1 N–H and O–H groups in total. The Morgan fingerprint density at radius 1 is 0.857 bits per heavy atom. The molecule has 0 fully saturated rings. The highest BCUT2D eigenvalue weighted by atomic mass is 79.9. The van der Waals surface area contributed by atoms with E-state index in [0.717, 1.165) is 15.6 Å². The lowest BCUT2D eigenvalue weighted by molar-refractivity contribution is -0.112. The molecule has 0 atom stereocenters. The molecule has 0 radical (unpaired) electrons. The average Bonchev–Trinajstić information content (AvgIpc) is 2.98. The van der Waals surface area contributed by atoms with Crippen LogP contribution in [0.25, 0.3) is 6.08 Å². The van der Waals surface area contributed by atoms with Crippen LogP contribution in [0, 0.1) is 11.3 Å². The van der Waals surface area contributed by atoms with Gasteiger partial charge in [0, 0.05) is 10.2 Å². The fourth-order valence-corrected chi connectivity index (χ4v) is 4.61. The Balaban J connectivity index is 1.44. The van der Waals surface area contributed by atoms with Gasteiger partial charge in [0.15, 0.2) is 11.5 Å². The van der Waals surface area contributed by atoms with Gasteiger partial charge >= 0.3 is 0 Å². The second kappa shape index (κ2) is 15.0. The molecule has 6 nitrogen and oxygen atoms in total. The summed E-state index contributed by atoms with van der Waals surface area (Å²) in [6.07, 6.45) is 1.43. The summed E-state index contributed by atoms with van der Waals surface area (Å²) in [5.74, 6) is 0.765. The number of hydrogen-bond donors (Lipinski definition) is 1. The summed E-state index contributed by atoms with van der Waals surface area (Å²) in [5.41, 5.74) is 2.70. The molecule has 0 bridgehead atoms. The van der Waals surface area contributed by atoms with Crippen LogP contribution in [-0.4, -0.2) is 12.5 Å². The van der Waals surface area contributed by atoms with E-state index in [9.17, 15) is 10.1 Å². The minimum absolute atomic E-state index is 0.117. The number of halogens is 4. The molecule has 0 spiro atoms. The zero-order chi connectivity index (χ0) is 30.1. The maximum absolute atomic E-state index is 12.9. The number of benzene rings is 4. The molecular formula is C32H24BrCl3N2O4. The second-order valence-electron chi connectivity index (χ2n) is 8.86. The smallest absolute Gasteiger partial charge is 0.266 e.